The summed E-state index contributed by atoms with van der Waals surface area (Å²) in [5, 5.41) is 3.21. The van der Waals surface area contributed by atoms with Crippen molar-refractivity contribution in [3.8, 4) is 0 Å². The zero-order valence-electron chi connectivity index (χ0n) is 5.93. The minimum atomic E-state index is 0.122. The van der Waals surface area contributed by atoms with Gasteiger partial charge < -0.3 is 5.32 Å². The Kier molecular flexibility index (Phi) is 0.822. The van der Waals surface area contributed by atoms with Gasteiger partial charge in [-0.05, 0) is 19.5 Å². The van der Waals surface area contributed by atoms with Gasteiger partial charge in [0, 0.05) is 20.5 Å². The SMILES string of the molecule is [2H]C1CCN1C1CNC1. The van der Waals surface area contributed by atoms with Crippen LogP contribution in [-0.4, -0.2) is 37.1 Å². The quantitative estimate of drug-likeness (QED) is 0.500. The van der Waals surface area contributed by atoms with Crippen molar-refractivity contribution in [3.05, 3.63) is 0 Å². The molecule has 1 N–H and O–H groups in total. The molecule has 2 saturated heterocycles. The van der Waals surface area contributed by atoms with Crippen molar-refractivity contribution in [3.63, 3.8) is 0 Å². The number of likely N-dealkylation sites (tertiary alicyclic amines) is 1. The standard InChI is InChI=1S/C6H12N2/c1-2-8(3-1)6-4-7-5-6/h6-7H,1-5H2/i2D. The lowest BCUT2D eigenvalue weighted by Gasteiger charge is -2.43. The fourth-order valence-electron chi connectivity index (χ4n) is 1.12. The van der Waals surface area contributed by atoms with Crippen LogP contribution in [-0.2, 0) is 0 Å². The maximum atomic E-state index is 7.44. The summed E-state index contributed by atoms with van der Waals surface area (Å²) in [5.74, 6) is 0. The van der Waals surface area contributed by atoms with Crippen LogP contribution in [0.4, 0.5) is 0 Å². The second-order valence-electron chi connectivity index (χ2n) is 2.52. The highest BCUT2D eigenvalue weighted by Gasteiger charge is 2.27. The second-order valence-corrected chi connectivity index (χ2v) is 2.52. The molecule has 0 aromatic heterocycles. The first-order valence-electron chi connectivity index (χ1n) is 3.84. The molecule has 2 heteroatoms. The van der Waals surface area contributed by atoms with E-state index in [1.165, 1.54) is 0 Å². The summed E-state index contributed by atoms with van der Waals surface area (Å²) in [6, 6.07) is 0.696. The minimum absolute atomic E-state index is 0.122. The zero-order valence-corrected chi connectivity index (χ0v) is 4.93. The molecule has 2 rings (SSSR count). The predicted molar refractivity (Wildman–Crippen MR) is 32.8 cm³/mol. The normalized spacial score (nSPS) is 42.5. The van der Waals surface area contributed by atoms with Crippen LogP contribution in [0, 0.1) is 0 Å². The third kappa shape index (κ3) is 0.565. The van der Waals surface area contributed by atoms with Gasteiger partial charge in [0.15, 0.2) is 0 Å². The molecule has 0 spiro atoms. The molecule has 46 valence electrons. The van der Waals surface area contributed by atoms with E-state index in [0.29, 0.717) is 6.04 Å². The van der Waals surface area contributed by atoms with Gasteiger partial charge in [0.05, 0.1) is 0 Å². The van der Waals surface area contributed by atoms with Gasteiger partial charge in [0.25, 0.3) is 0 Å². The molecule has 8 heavy (non-hydrogen) atoms. The van der Waals surface area contributed by atoms with Gasteiger partial charge in [-0.2, -0.15) is 0 Å². The Hall–Kier alpha value is -0.0800. The zero-order chi connectivity index (χ0) is 6.27. The summed E-state index contributed by atoms with van der Waals surface area (Å²) in [6.45, 7) is 3.49. The van der Waals surface area contributed by atoms with Crippen molar-refractivity contribution in [1.29, 1.82) is 0 Å². The number of rotatable bonds is 1. The van der Waals surface area contributed by atoms with Crippen molar-refractivity contribution in [2.75, 3.05) is 26.2 Å². The predicted octanol–water partition coefficient (Wildman–Crippen LogP) is -0.336. The van der Waals surface area contributed by atoms with E-state index in [1.54, 1.807) is 0 Å². The van der Waals surface area contributed by atoms with Gasteiger partial charge in [-0.3, -0.25) is 4.90 Å². The van der Waals surface area contributed by atoms with Crippen LogP contribution < -0.4 is 5.32 Å². The topological polar surface area (TPSA) is 15.3 Å². The lowest BCUT2D eigenvalue weighted by atomic mass is 10.1. The Morgan fingerprint density at radius 3 is 2.62 bits per heavy atom. The average Bonchev–Trinajstić information content (AvgIpc) is 1.74. The smallest absolute Gasteiger partial charge is 0.0431 e. The minimum Gasteiger partial charge on any atom is -0.314 e. The van der Waals surface area contributed by atoms with Crippen LogP contribution >= 0.6 is 0 Å². The first-order valence-corrected chi connectivity index (χ1v) is 3.26. The van der Waals surface area contributed by atoms with Gasteiger partial charge in [-0.15, -0.1) is 0 Å². The summed E-state index contributed by atoms with van der Waals surface area (Å²) in [5.41, 5.74) is 0. The summed E-state index contributed by atoms with van der Waals surface area (Å²) in [6.07, 6.45) is 1.08. The Balaban J connectivity index is 1.83. The third-order valence-corrected chi connectivity index (χ3v) is 1.98. The number of hydrogen-bond acceptors (Lipinski definition) is 2. The van der Waals surface area contributed by atoms with Crippen molar-refractivity contribution in [2.24, 2.45) is 0 Å². The van der Waals surface area contributed by atoms with Crippen molar-refractivity contribution < 1.29 is 1.37 Å². The van der Waals surface area contributed by atoms with E-state index in [1.807, 2.05) is 0 Å². The molecule has 1 atom stereocenters. The summed E-state index contributed by atoms with van der Waals surface area (Å²) < 4.78 is 7.44. The molecule has 0 bridgehead atoms. The van der Waals surface area contributed by atoms with E-state index < -0.39 is 0 Å². The second kappa shape index (κ2) is 1.71. The largest absolute Gasteiger partial charge is 0.314 e. The lowest BCUT2D eigenvalue weighted by molar-refractivity contribution is 0.0827. The molecular weight excluding hydrogens is 100 g/mol. The summed E-state index contributed by atoms with van der Waals surface area (Å²) in [7, 11) is 0. The number of nitrogens with one attached hydrogen (secondary N) is 1. The van der Waals surface area contributed by atoms with Crippen LogP contribution in [0.2, 0.25) is 0 Å². The van der Waals surface area contributed by atoms with Crippen LogP contribution in [0.15, 0.2) is 0 Å². The monoisotopic (exact) mass is 113 g/mol. The maximum Gasteiger partial charge on any atom is 0.0431 e. The molecule has 0 radical (unpaired) electrons. The molecule has 0 saturated carbocycles. The molecular formula is C6H12N2. The van der Waals surface area contributed by atoms with Crippen LogP contribution in [0.5, 0.6) is 0 Å². The van der Waals surface area contributed by atoms with Crippen LogP contribution in [0.25, 0.3) is 0 Å². The fourth-order valence-corrected chi connectivity index (χ4v) is 1.12. The first kappa shape index (κ1) is 3.85. The molecule has 0 aliphatic carbocycles. The van der Waals surface area contributed by atoms with Crippen LogP contribution in [0.3, 0.4) is 0 Å². The van der Waals surface area contributed by atoms with E-state index in [9.17, 15) is 0 Å². The van der Waals surface area contributed by atoms with Gasteiger partial charge in [0.1, 0.15) is 0 Å². The Bertz CT molecular complexity index is 114. The van der Waals surface area contributed by atoms with Crippen molar-refractivity contribution >= 4 is 0 Å². The molecule has 1 unspecified atom stereocenters. The Morgan fingerprint density at radius 1 is 1.62 bits per heavy atom. The highest BCUT2D eigenvalue weighted by atomic mass is 15.3. The third-order valence-electron chi connectivity index (χ3n) is 1.98. The summed E-state index contributed by atoms with van der Waals surface area (Å²) >= 11 is 0. The lowest BCUT2D eigenvalue weighted by Crippen LogP contribution is -2.60. The molecule has 0 aromatic rings. The van der Waals surface area contributed by atoms with E-state index in [2.05, 4.69) is 10.2 Å². The Morgan fingerprint density at radius 2 is 2.50 bits per heavy atom. The molecule has 0 aromatic carbocycles. The number of nitrogens with zero attached hydrogens (tertiary/aromatic N) is 1. The van der Waals surface area contributed by atoms with Gasteiger partial charge in [0.2, 0.25) is 0 Å². The molecule has 0 amide bonds. The van der Waals surface area contributed by atoms with Crippen LogP contribution in [0.1, 0.15) is 7.79 Å². The van der Waals surface area contributed by atoms with Gasteiger partial charge in [-0.25, -0.2) is 0 Å². The molecule has 2 nitrogen and oxygen atoms in total. The fraction of sp³-hybridized carbons (Fsp3) is 1.00. The molecule has 2 aliphatic rings. The maximum absolute atomic E-state index is 7.44. The Labute approximate surface area is 51.3 Å². The molecule has 2 heterocycles. The van der Waals surface area contributed by atoms with E-state index >= 15 is 0 Å². The highest BCUT2D eigenvalue weighted by molar-refractivity contribution is 4.87. The van der Waals surface area contributed by atoms with Crippen molar-refractivity contribution in [2.45, 2.75) is 12.5 Å². The van der Waals surface area contributed by atoms with E-state index in [-0.39, 0.29) is 6.52 Å². The first-order chi connectivity index (χ1) is 4.38. The molecule has 2 aliphatic heterocycles. The van der Waals surface area contributed by atoms with E-state index in [4.69, 9.17) is 1.37 Å². The highest BCUT2D eigenvalue weighted by Crippen LogP contribution is 2.13. The average molecular weight is 113 g/mol. The number of hydrogen-bond donors (Lipinski definition) is 1. The molecule has 2 fully saturated rings. The van der Waals surface area contributed by atoms with Crippen molar-refractivity contribution in [1.82, 2.24) is 10.2 Å². The van der Waals surface area contributed by atoms with E-state index in [0.717, 1.165) is 26.1 Å². The summed E-state index contributed by atoms with van der Waals surface area (Å²) in [4.78, 5) is 2.26. The van der Waals surface area contributed by atoms with Gasteiger partial charge >= 0.3 is 0 Å². The van der Waals surface area contributed by atoms with Gasteiger partial charge in [-0.1, -0.05) is 0 Å².